The molecule has 2 amide bonds. The number of likely N-dealkylation sites (N-methyl/N-ethyl adjacent to an activating group) is 1. The molecule has 0 unspecified atom stereocenters. The normalized spacial score (nSPS) is 15.8. The minimum Gasteiger partial charge on any atom is -0.489 e. The maximum Gasteiger partial charge on any atom is 0.408 e. The van der Waals surface area contributed by atoms with Gasteiger partial charge in [-0.2, -0.15) is 0 Å². The van der Waals surface area contributed by atoms with Crippen molar-refractivity contribution in [3.63, 3.8) is 0 Å². The van der Waals surface area contributed by atoms with Gasteiger partial charge in [0.25, 0.3) is 5.91 Å². The molecule has 0 saturated carbocycles. The Morgan fingerprint density at radius 3 is 2.78 bits per heavy atom. The Morgan fingerprint density at radius 2 is 2.09 bits per heavy atom. The van der Waals surface area contributed by atoms with Gasteiger partial charge in [-0.1, -0.05) is 0 Å². The van der Waals surface area contributed by atoms with Crippen molar-refractivity contribution >= 4 is 35.0 Å². The Labute approximate surface area is 189 Å². The minimum absolute atomic E-state index is 0.0367. The summed E-state index contributed by atoms with van der Waals surface area (Å²) in [5, 5.41) is 4.75. The number of alkyl carbamates (subject to hydrolysis) is 1. The topological polar surface area (TPSA) is 116 Å². The molecule has 0 fully saturated rings. The number of thiazole rings is 1. The van der Waals surface area contributed by atoms with Crippen LogP contribution in [0, 0.1) is 0 Å². The van der Waals surface area contributed by atoms with Gasteiger partial charge in [0.2, 0.25) is 0 Å². The number of fused-ring (bicyclic) bond motifs is 1. The van der Waals surface area contributed by atoms with Gasteiger partial charge in [0.05, 0.1) is 12.8 Å². The molecule has 1 aliphatic heterocycles. The molecular formula is C21H25N3O7S. The minimum atomic E-state index is -0.904. The fraction of sp³-hybridized carbons (Fsp3) is 0.429. The molecule has 1 N–H and O–H groups in total. The van der Waals surface area contributed by atoms with Crippen LogP contribution in [-0.2, 0) is 20.9 Å². The van der Waals surface area contributed by atoms with E-state index in [0.717, 1.165) is 0 Å². The van der Waals surface area contributed by atoms with Crippen LogP contribution in [0.2, 0.25) is 0 Å². The molecule has 1 aromatic heterocycles. The van der Waals surface area contributed by atoms with E-state index in [1.165, 1.54) is 23.3 Å². The summed E-state index contributed by atoms with van der Waals surface area (Å²) in [4.78, 5) is 42.0. The van der Waals surface area contributed by atoms with Gasteiger partial charge in [-0.25, -0.2) is 14.6 Å². The monoisotopic (exact) mass is 463 g/mol. The molecule has 2 heterocycles. The summed E-state index contributed by atoms with van der Waals surface area (Å²) in [6.45, 7) is 5.32. The first-order valence-corrected chi connectivity index (χ1v) is 10.6. The van der Waals surface area contributed by atoms with Gasteiger partial charge < -0.3 is 29.2 Å². The lowest BCUT2D eigenvalue weighted by molar-refractivity contribution is -0.120. The number of amides is 2. The Balaban J connectivity index is 1.68. The summed E-state index contributed by atoms with van der Waals surface area (Å²) in [7, 11) is 2.88. The molecule has 0 aliphatic carbocycles. The number of nitrogens with zero attached hydrogens (tertiary/aromatic N) is 2. The van der Waals surface area contributed by atoms with Crippen LogP contribution in [0.4, 0.5) is 10.5 Å². The van der Waals surface area contributed by atoms with Crippen LogP contribution in [-0.4, -0.2) is 55.4 Å². The summed E-state index contributed by atoms with van der Waals surface area (Å²) in [5.74, 6) is 0.100. The van der Waals surface area contributed by atoms with E-state index in [4.69, 9.17) is 14.2 Å². The number of esters is 1. The average molecular weight is 464 g/mol. The number of hydrogen-bond acceptors (Lipinski definition) is 9. The standard InChI is InChI=1S/C21H25N3O7S/c1-21(2,3)31-20(27)23-13-9-30-16-7-6-12(8-15(16)24(4)18(13)25)29-10-17-22-14(11-32-17)19(26)28-5/h6-8,11,13H,9-10H2,1-5H3,(H,23,27)/t13-/m0/s1. The van der Waals surface area contributed by atoms with Gasteiger partial charge in [0, 0.05) is 18.5 Å². The molecule has 1 atom stereocenters. The van der Waals surface area contributed by atoms with Crippen LogP contribution in [0.5, 0.6) is 11.5 Å². The number of rotatable bonds is 5. The number of nitrogens with one attached hydrogen (secondary N) is 1. The Kier molecular flexibility index (Phi) is 6.87. The van der Waals surface area contributed by atoms with Crippen molar-refractivity contribution in [2.45, 2.75) is 39.0 Å². The quantitative estimate of drug-likeness (QED) is 0.673. The maximum atomic E-state index is 12.9. The zero-order valence-electron chi connectivity index (χ0n) is 18.5. The number of carbonyl (C=O) groups excluding carboxylic acids is 3. The van der Waals surface area contributed by atoms with Gasteiger partial charge in [-0.05, 0) is 32.9 Å². The fourth-order valence-corrected chi connectivity index (χ4v) is 3.52. The molecule has 0 spiro atoms. The van der Waals surface area contributed by atoms with Crippen molar-refractivity contribution in [3.05, 3.63) is 34.3 Å². The molecule has 11 heteroatoms. The van der Waals surface area contributed by atoms with Crippen molar-refractivity contribution in [2.24, 2.45) is 0 Å². The number of methoxy groups -OCH3 is 1. The van der Waals surface area contributed by atoms with Gasteiger partial charge >= 0.3 is 12.1 Å². The van der Waals surface area contributed by atoms with Gasteiger partial charge in [-0.3, -0.25) is 4.79 Å². The molecule has 32 heavy (non-hydrogen) atoms. The van der Waals surface area contributed by atoms with E-state index >= 15 is 0 Å². The van der Waals surface area contributed by atoms with Crippen molar-refractivity contribution < 1.29 is 33.3 Å². The second-order valence-electron chi connectivity index (χ2n) is 7.94. The maximum absolute atomic E-state index is 12.9. The van der Waals surface area contributed by atoms with Crippen LogP contribution in [0.15, 0.2) is 23.6 Å². The molecule has 172 valence electrons. The van der Waals surface area contributed by atoms with Gasteiger partial charge in [0.1, 0.15) is 41.4 Å². The van der Waals surface area contributed by atoms with E-state index in [2.05, 4.69) is 15.0 Å². The lowest BCUT2D eigenvalue weighted by Gasteiger charge is -2.23. The van der Waals surface area contributed by atoms with Crippen LogP contribution < -0.4 is 19.7 Å². The third-order valence-electron chi connectivity index (χ3n) is 4.33. The number of ether oxygens (including phenoxy) is 4. The van der Waals surface area contributed by atoms with Crippen LogP contribution >= 0.6 is 11.3 Å². The molecule has 0 bridgehead atoms. The second-order valence-corrected chi connectivity index (χ2v) is 8.89. The molecule has 0 saturated heterocycles. The lowest BCUT2D eigenvalue weighted by atomic mass is 10.2. The lowest BCUT2D eigenvalue weighted by Crippen LogP contribution is -2.50. The van der Waals surface area contributed by atoms with Gasteiger partial charge in [-0.15, -0.1) is 11.3 Å². The van der Waals surface area contributed by atoms with Crippen LogP contribution in [0.1, 0.15) is 36.3 Å². The average Bonchev–Trinajstić information content (AvgIpc) is 3.17. The second kappa shape index (κ2) is 9.43. The van der Waals surface area contributed by atoms with Crippen molar-refractivity contribution in [1.82, 2.24) is 10.3 Å². The first-order valence-electron chi connectivity index (χ1n) is 9.77. The summed E-state index contributed by atoms with van der Waals surface area (Å²) in [6, 6.07) is 4.15. The molecular weight excluding hydrogens is 438 g/mol. The molecule has 0 radical (unpaired) electrons. The van der Waals surface area contributed by atoms with E-state index in [-0.39, 0.29) is 24.8 Å². The highest BCUT2D eigenvalue weighted by Crippen LogP contribution is 2.34. The Morgan fingerprint density at radius 1 is 1.34 bits per heavy atom. The fourth-order valence-electron chi connectivity index (χ4n) is 2.84. The molecule has 1 aliphatic rings. The number of hydrogen-bond donors (Lipinski definition) is 1. The first-order chi connectivity index (χ1) is 15.1. The van der Waals surface area contributed by atoms with Crippen molar-refractivity contribution in [2.75, 3.05) is 25.7 Å². The number of aromatic nitrogens is 1. The SMILES string of the molecule is COC(=O)c1csc(COc2ccc3c(c2)N(C)C(=O)[C@@H](NC(=O)OC(C)(C)C)CO3)n1. The Hall–Kier alpha value is -3.34. The predicted octanol–water partition coefficient (Wildman–Crippen LogP) is 2.76. The van der Waals surface area contributed by atoms with Crippen molar-refractivity contribution in [3.8, 4) is 11.5 Å². The molecule has 2 aromatic rings. The van der Waals surface area contributed by atoms with E-state index in [9.17, 15) is 14.4 Å². The first kappa shape index (κ1) is 23.3. The highest BCUT2D eigenvalue weighted by atomic mass is 32.1. The highest BCUT2D eigenvalue weighted by molar-refractivity contribution is 7.09. The molecule has 10 nitrogen and oxygen atoms in total. The van der Waals surface area contributed by atoms with Crippen LogP contribution in [0.3, 0.4) is 0 Å². The van der Waals surface area contributed by atoms with E-state index in [1.54, 1.807) is 51.4 Å². The van der Waals surface area contributed by atoms with E-state index in [0.29, 0.717) is 22.2 Å². The number of carbonyl (C=O) groups is 3. The Bertz CT molecular complexity index is 1020. The molecule has 1 aromatic carbocycles. The van der Waals surface area contributed by atoms with E-state index in [1.807, 2.05) is 0 Å². The zero-order chi connectivity index (χ0) is 23.5. The van der Waals surface area contributed by atoms with Gasteiger partial charge in [0.15, 0.2) is 5.69 Å². The predicted molar refractivity (Wildman–Crippen MR) is 116 cm³/mol. The highest BCUT2D eigenvalue weighted by Gasteiger charge is 2.32. The third-order valence-corrected chi connectivity index (χ3v) is 5.15. The smallest absolute Gasteiger partial charge is 0.408 e. The summed E-state index contributed by atoms with van der Waals surface area (Å²) in [5.41, 5.74) is 0.0326. The van der Waals surface area contributed by atoms with Crippen molar-refractivity contribution in [1.29, 1.82) is 0 Å². The number of benzene rings is 1. The van der Waals surface area contributed by atoms with E-state index < -0.39 is 23.7 Å². The summed E-state index contributed by atoms with van der Waals surface area (Å²) >= 11 is 1.28. The molecule has 3 rings (SSSR count). The summed E-state index contributed by atoms with van der Waals surface area (Å²) in [6.07, 6.45) is -0.697. The number of anilines is 1. The van der Waals surface area contributed by atoms with Crippen LogP contribution in [0.25, 0.3) is 0 Å². The largest absolute Gasteiger partial charge is 0.489 e. The zero-order valence-corrected chi connectivity index (χ0v) is 19.3. The third kappa shape index (κ3) is 5.67. The summed E-state index contributed by atoms with van der Waals surface area (Å²) < 4.78 is 21.4.